The summed E-state index contributed by atoms with van der Waals surface area (Å²) in [5.74, 6) is 1.02. The molecule has 0 saturated heterocycles. The maximum atomic E-state index is 11.0. The number of aromatic nitrogens is 1. The lowest BCUT2D eigenvalue weighted by atomic mass is 9.99. The Bertz CT molecular complexity index is 1130. The van der Waals surface area contributed by atoms with Gasteiger partial charge in [-0.15, -0.1) is 0 Å². The number of nitrogens with zero attached hydrogens (tertiary/aromatic N) is 1. The van der Waals surface area contributed by atoms with Crippen LogP contribution in [-0.2, 0) is 0 Å². The number of hydrogen-bond donors (Lipinski definition) is 2. The normalized spacial score (nSPS) is 12.4. The predicted molar refractivity (Wildman–Crippen MR) is 94.6 cm³/mol. The van der Waals surface area contributed by atoms with Crippen molar-refractivity contribution in [2.24, 2.45) is 0 Å². The first kappa shape index (κ1) is 15.3. The summed E-state index contributed by atoms with van der Waals surface area (Å²) in [6, 6.07) is 12.9. The van der Waals surface area contributed by atoms with E-state index in [0.29, 0.717) is 28.2 Å². The molecule has 0 bridgehead atoms. The average Bonchev–Trinajstić information content (AvgIpc) is 3.27. The van der Waals surface area contributed by atoms with Crippen LogP contribution in [0.2, 0.25) is 0 Å². The molecule has 5 nitrogen and oxygen atoms in total. The minimum Gasteiger partial charge on any atom is -0.496 e. The van der Waals surface area contributed by atoms with Gasteiger partial charge in [0.05, 0.1) is 18.7 Å². The lowest BCUT2D eigenvalue weighted by molar-refractivity contribution is 0.189. The number of rotatable bonds is 3. The number of ether oxygens (including phenoxy) is 1. The number of nitrogens with one attached hydrogen (secondary N) is 1. The number of fused-ring (bicyclic) bond motifs is 2. The van der Waals surface area contributed by atoms with Gasteiger partial charge in [0, 0.05) is 28.0 Å². The molecule has 1 atom stereocenters. The predicted octanol–water partition coefficient (Wildman–Crippen LogP) is 4.18. The topological polar surface area (TPSA) is 82.2 Å². The van der Waals surface area contributed by atoms with Gasteiger partial charge in [-0.05, 0) is 48.9 Å². The summed E-state index contributed by atoms with van der Waals surface area (Å²) in [6.45, 7) is 1.99. The summed E-state index contributed by atoms with van der Waals surface area (Å²) in [4.78, 5) is 3.19. The Hall–Kier alpha value is -3.23. The molecule has 124 valence electrons. The molecule has 0 radical (unpaired) electrons. The molecular formula is C20H16N2O3. The molecule has 4 aromatic rings. The van der Waals surface area contributed by atoms with E-state index in [2.05, 4.69) is 11.1 Å². The van der Waals surface area contributed by atoms with E-state index in [9.17, 15) is 5.11 Å². The summed E-state index contributed by atoms with van der Waals surface area (Å²) in [5.41, 5.74) is 3.83. The minimum absolute atomic E-state index is 0.412. The van der Waals surface area contributed by atoms with E-state index in [1.54, 1.807) is 31.4 Å². The molecule has 0 saturated carbocycles. The fourth-order valence-electron chi connectivity index (χ4n) is 3.26. The molecule has 0 aliphatic carbocycles. The number of H-pyrrole nitrogens is 1. The van der Waals surface area contributed by atoms with Crippen LogP contribution in [0.5, 0.6) is 5.75 Å². The van der Waals surface area contributed by atoms with Crippen molar-refractivity contribution in [1.82, 2.24) is 4.98 Å². The molecule has 1 unspecified atom stereocenters. The first-order chi connectivity index (χ1) is 12.1. The first-order valence-corrected chi connectivity index (χ1v) is 7.88. The quantitative estimate of drug-likeness (QED) is 0.589. The Morgan fingerprint density at radius 1 is 1.24 bits per heavy atom. The fourth-order valence-corrected chi connectivity index (χ4v) is 3.26. The van der Waals surface area contributed by atoms with Gasteiger partial charge in [0.2, 0.25) is 0 Å². The van der Waals surface area contributed by atoms with Gasteiger partial charge in [0.1, 0.15) is 23.2 Å². The number of furan rings is 1. The van der Waals surface area contributed by atoms with E-state index in [0.717, 1.165) is 21.9 Å². The van der Waals surface area contributed by atoms with Crippen LogP contribution in [0.4, 0.5) is 0 Å². The zero-order valence-corrected chi connectivity index (χ0v) is 13.8. The van der Waals surface area contributed by atoms with Crippen molar-refractivity contribution in [1.29, 1.82) is 5.26 Å². The molecule has 0 amide bonds. The molecule has 25 heavy (non-hydrogen) atoms. The second-order valence-electron chi connectivity index (χ2n) is 5.99. The molecule has 2 N–H and O–H groups in total. The van der Waals surface area contributed by atoms with Crippen molar-refractivity contribution >= 4 is 21.9 Å². The third-order valence-corrected chi connectivity index (χ3v) is 4.47. The minimum atomic E-state index is -0.980. The van der Waals surface area contributed by atoms with E-state index in [1.807, 2.05) is 25.3 Å². The van der Waals surface area contributed by atoms with Crippen LogP contribution in [0.15, 0.2) is 47.0 Å². The summed E-state index contributed by atoms with van der Waals surface area (Å²) in [6.07, 6.45) is 0.859. The highest BCUT2D eigenvalue weighted by Crippen LogP contribution is 2.39. The third kappa shape index (κ3) is 2.35. The van der Waals surface area contributed by atoms with Crippen molar-refractivity contribution in [3.05, 3.63) is 65.0 Å². The smallest absolute Gasteiger partial charge is 0.141 e. The number of aliphatic hydroxyl groups is 1. The van der Waals surface area contributed by atoms with Gasteiger partial charge in [-0.25, -0.2) is 0 Å². The number of aryl methyl sites for hydroxylation is 1. The Labute approximate surface area is 144 Å². The van der Waals surface area contributed by atoms with Crippen molar-refractivity contribution in [3.8, 4) is 11.8 Å². The standard InChI is InChI=1S/C20H16N2O3/c1-11-7-16(24-2)18(14-5-6-22-19(11)14)20(23)17-9-13-8-12(10-21)3-4-15(13)25-17/h3-9,20,22-23H,1-2H3. The van der Waals surface area contributed by atoms with Crippen molar-refractivity contribution in [3.63, 3.8) is 0 Å². The number of nitriles is 1. The van der Waals surface area contributed by atoms with Crippen molar-refractivity contribution in [2.45, 2.75) is 13.0 Å². The second-order valence-corrected chi connectivity index (χ2v) is 5.99. The lowest BCUT2D eigenvalue weighted by Gasteiger charge is -2.15. The summed E-state index contributed by atoms with van der Waals surface area (Å²) in [5, 5.41) is 21.7. The van der Waals surface area contributed by atoms with Crippen molar-refractivity contribution in [2.75, 3.05) is 7.11 Å². The molecule has 0 aliphatic rings. The Morgan fingerprint density at radius 3 is 2.84 bits per heavy atom. The maximum Gasteiger partial charge on any atom is 0.141 e. The molecule has 2 heterocycles. The van der Waals surface area contributed by atoms with E-state index in [4.69, 9.17) is 14.4 Å². The first-order valence-electron chi connectivity index (χ1n) is 7.88. The molecule has 2 aromatic carbocycles. The molecule has 0 fully saturated rings. The Morgan fingerprint density at radius 2 is 2.08 bits per heavy atom. The van der Waals surface area contributed by atoms with E-state index in [1.165, 1.54) is 0 Å². The zero-order valence-electron chi connectivity index (χ0n) is 13.8. The highest BCUT2D eigenvalue weighted by molar-refractivity contribution is 5.89. The number of methoxy groups -OCH3 is 1. The Kier molecular flexibility index (Phi) is 3.48. The van der Waals surface area contributed by atoms with Gasteiger partial charge in [-0.2, -0.15) is 5.26 Å². The van der Waals surface area contributed by atoms with E-state index >= 15 is 0 Å². The van der Waals surface area contributed by atoms with Gasteiger partial charge in [-0.1, -0.05) is 0 Å². The van der Waals surface area contributed by atoms with Crippen LogP contribution < -0.4 is 4.74 Å². The largest absolute Gasteiger partial charge is 0.496 e. The average molecular weight is 332 g/mol. The number of aromatic amines is 1. The van der Waals surface area contributed by atoms with E-state index < -0.39 is 6.10 Å². The Balaban J connectivity index is 1.90. The fraction of sp³-hybridized carbons (Fsp3) is 0.150. The SMILES string of the molecule is COc1cc(C)c2[nH]ccc2c1C(O)c1cc2cc(C#N)ccc2o1. The van der Waals surface area contributed by atoms with Crippen LogP contribution in [-0.4, -0.2) is 17.2 Å². The van der Waals surface area contributed by atoms with Gasteiger partial charge < -0.3 is 19.2 Å². The summed E-state index contributed by atoms with van der Waals surface area (Å²) < 4.78 is 11.3. The van der Waals surface area contributed by atoms with Crippen LogP contribution in [0.3, 0.4) is 0 Å². The molecule has 4 rings (SSSR count). The molecule has 0 aliphatic heterocycles. The maximum absolute atomic E-state index is 11.0. The van der Waals surface area contributed by atoms with Gasteiger partial charge in [-0.3, -0.25) is 0 Å². The highest BCUT2D eigenvalue weighted by atomic mass is 16.5. The highest BCUT2D eigenvalue weighted by Gasteiger charge is 2.23. The van der Waals surface area contributed by atoms with Crippen LogP contribution in [0.1, 0.15) is 28.6 Å². The zero-order chi connectivity index (χ0) is 17.6. The van der Waals surface area contributed by atoms with Gasteiger partial charge >= 0.3 is 0 Å². The van der Waals surface area contributed by atoms with Gasteiger partial charge in [0.25, 0.3) is 0 Å². The van der Waals surface area contributed by atoms with Crippen molar-refractivity contribution < 1.29 is 14.3 Å². The van der Waals surface area contributed by atoms with Gasteiger partial charge in [0.15, 0.2) is 0 Å². The molecule has 0 spiro atoms. The number of hydrogen-bond acceptors (Lipinski definition) is 4. The monoisotopic (exact) mass is 332 g/mol. The number of aliphatic hydroxyl groups excluding tert-OH is 1. The molecule has 5 heteroatoms. The third-order valence-electron chi connectivity index (χ3n) is 4.47. The second kappa shape index (κ2) is 5.69. The molecular weight excluding hydrogens is 316 g/mol. The van der Waals surface area contributed by atoms with Crippen LogP contribution >= 0.6 is 0 Å². The van der Waals surface area contributed by atoms with Crippen LogP contribution in [0, 0.1) is 18.3 Å². The summed E-state index contributed by atoms with van der Waals surface area (Å²) in [7, 11) is 1.58. The summed E-state index contributed by atoms with van der Waals surface area (Å²) >= 11 is 0. The van der Waals surface area contributed by atoms with Crippen LogP contribution in [0.25, 0.3) is 21.9 Å². The number of benzene rings is 2. The molecule has 2 aromatic heterocycles. The lowest BCUT2D eigenvalue weighted by Crippen LogP contribution is -2.03. The van der Waals surface area contributed by atoms with E-state index in [-0.39, 0.29) is 0 Å².